The fourth-order valence-corrected chi connectivity index (χ4v) is 3.74. The number of aliphatic hydroxyl groups is 1. The van der Waals surface area contributed by atoms with E-state index in [1.165, 1.54) is 0 Å². The lowest BCUT2D eigenvalue weighted by Gasteiger charge is -2.58. The minimum Gasteiger partial charge on any atom is -0.394 e. The highest BCUT2D eigenvalue weighted by Crippen LogP contribution is 2.43. The first kappa shape index (κ1) is 12.0. The van der Waals surface area contributed by atoms with Gasteiger partial charge in [-0.05, 0) is 26.7 Å². The Bertz CT molecular complexity index is 282. The summed E-state index contributed by atoms with van der Waals surface area (Å²) in [6, 6.07) is 0.711. The second kappa shape index (κ2) is 4.09. The molecular weight excluding hydrogens is 206 g/mol. The minimum absolute atomic E-state index is 0.109. The number of hydrogen-bond donors (Lipinski definition) is 1. The van der Waals surface area contributed by atoms with Crippen LogP contribution in [-0.4, -0.2) is 53.7 Å². The summed E-state index contributed by atoms with van der Waals surface area (Å²) < 4.78 is 5.17. The van der Waals surface area contributed by atoms with E-state index in [4.69, 9.17) is 4.74 Å². The van der Waals surface area contributed by atoms with Crippen molar-refractivity contribution in [2.45, 2.75) is 44.3 Å². The Labute approximate surface area is 96.6 Å². The van der Waals surface area contributed by atoms with Gasteiger partial charge in [0.2, 0.25) is 0 Å². The third-order valence-electron chi connectivity index (χ3n) is 4.17. The summed E-state index contributed by atoms with van der Waals surface area (Å²) in [4.78, 5) is 14.5. The number of hydrogen-bond acceptors (Lipinski definition) is 4. The highest BCUT2D eigenvalue weighted by molar-refractivity contribution is 5.92. The number of piperidine rings is 3. The molecule has 0 spiro atoms. The van der Waals surface area contributed by atoms with Crippen molar-refractivity contribution in [1.82, 2.24) is 4.90 Å². The molecule has 0 radical (unpaired) electrons. The van der Waals surface area contributed by atoms with Crippen molar-refractivity contribution < 1.29 is 14.6 Å². The molecule has 3 rings (SSSR count). The number of nitrogens with zero attached hydrogens (tertiary/aromatic N) is 1. The first-order chi connectivity index (χ1) is 7.56. The molecule has 2 bridgehead atoms. The van der Waals surface area contributed by atoms with Crippen LogP contribution in [-0.2, 0) is 9.53 Å². The van der Waals surface area contributed by atoms with Gasteiger partial charge in [0.05, 0.1) is 13.2 Å². The van der Waals surface area contributed by atoms with E-state index in [2.05, 4.69) is 18.7 Å². The number of carbonyl (C=O) groups is 1. The van der Waals surface area contributed by atoms with Crippen molar-refractivity contribution >= 4 is 5.78 Å². The van der Waals surface area contributed by atoms with Gasteiger partial charge in [0.15, 0.2) is 5.78 Å². The molecule has 3 aliphatic heterocycles. The predicted octanol–water partition coefficient (Wildman–Crippen LogP) is 0.436. The van der Waals surface area contributed by atoms with Crippen LogP contribution in [0.1, 0.15) is 26.7 Å². The standard InChI is InChI=1S/C12H21NO3/c1-8-4-10-5-9(2)13(8)12(6-14,7-16-3)11(10)15/h8-10,14H,4-7H2,1-3H3/t8-,9+,10?,12-/m0/s1. The van der Waals surface area contributed by atoms with Crippen molar-refractivity contribution in [3.05, 3.63) is 0 Å². The van der Waals surface area contributed by atoms with Gasteiger partial charge in [0, 0.05) is 25.1 Å². The Balaban J connectivity index is 2.38. The number of ketones is 1. The summed E-state index contributed by atoms with van der Waals surface area (Å²) in [6.07, 6.45) is 1.85. The van der Waals surface area contributed by atoms with Gasteiger partial charge in [-0.2, -0.15) is 0 Å². The number of rotatable bonds is 3. The molecule has 0 aromatic rings. The van der Waals surface area contributed by atoms with E-state index in [-0.39, 0.29) is 18.3 Å². The predicted molar refractivity (Wildman–Crippen MR) is 60.2 cm³/mol. The van der Waals surface area contributed by atoms with Gasteiger partial charge in [-0.3, -0.25) is 9.69 Å². The summed E-state index contributed by atoms with van der Waals surface area (Å²) in [6.45, 7) is 4.43. The first-order valence-corrected chi connectivity index (χ1v) is 5.99. The maximum Gasteiger partial charge on any atom is 0.161 e. The molecule has 3 fully saturated rings. The van der Waals surface area contributed by atoms with Gasteiger partial charge in [-0.25, -0.2) is 0 Å². The molecule has 3 saturated heterocycles. The molecule has 1 N–H and O–H groups in total. The molecule has 2 unspecified atom stereocenters. The summed E-state index contributed by atoms with van der Waals surface area (Å²) in [7, 11) is 1.59. The molecule has 0 aromatic heterocycles. The van der Waals surface area contributed by atoms with Crippen molar-refractivity contribution in [3.63, 3.8) is 0 Å². The second-order valence-electron chi connectivity index (χ2n) is 5.26. The van der Waals surface area contributed by atoms with Crippen LogP contribution in [0.25, 0.3) is 0 Å². The van der Waals surface area contributed by atoms with Crippen molar-refractivity contribution in [2.75, 3.05) is 20.3 Å². The Morgan fingerprint density at radius 1 is 1.44 bits per heavy atom. The summed E-state index contributed by atoms with van der Waals surface area (Å²) in [5.74, 6) is 0.283. The third-order valence-corrected chi connectivity index (χ3v) is 4.17. The zero-order valence-electron chi connectivity index (χ0n) is 10.3. The Hall–Kier alpha value is -0.450. The average Bonchev–Trinajstić information content (AvgIpc) is 2.24. The maximum atomic E-state index is 12.3. The lowest BCUT2D eigenvalue weighted by Crippen LogP contribution is -2.73. The van der Waals surface area contributed by atoms with Gasteiger partial charge in [0.1, 0.15) is 5.54 Å². The van der Waals surface area contributed by atoms with Crippen molar-refractivity contribution in [1.29, 1.82) is 0 Å². The van der Waals surface area contributed by atoms with Crippen molar-refractivity contribution in [2.24, 2.45) is 5.92 Å². The topological polar surface area (TPSA) is 49.8 Å². The van der Waals surface area contributed by atoms with Gasteiger partial charge < -0.3 is 9.84 Å². The number of carbonyl (C=O) groups excluding carboxylic acids is 1. The molecule has 92 valence electrons. The summed E-state index contributed by atoms with van der Waals surface area (Å²) in [5.41, 5.74) is -0.783. The van der Waals surface area contributed by atoms with Gasteiger partial charge in [-0.1, -0.05) is 0 Å². The third kappa shape index (κ3) is 1.44. The van der Waals surface area contributed by atoms with Crippen LogP contribution < -0.4 is 0 Å². The SMILES string of the molecule is COC[C@@]1(CO)C(=O)C2C[C@@H](C)N1[C@@H](C)C2. The summed E-state index contributed by atoms with van der Waals surface area (Å²) in [5, 5.41) is 9.66. The zero-order valence-corrected chi connectivity index (χ0v) is 10.3. The Morgan fingerprint density at radius 2 is 2.00 bits per heavy atom. The van der Waals surface area contributed by atoms with Crippen LogP contribution in [0.4, 0.5) is 0 Å². The first-order valence-electron chi connectivity index (χ1n) is 5.99. The highest BCUT2D eigenvalue weighted by atomic mass is 16.5. The number of fused-ring (bicyclic) bond motifs is 3. The van der Waals surface area contributed by atoms with Crippen LogP contribution in [0.3, 0.4) is 0 Å². The molecule has 0 saturated carbocycles. The highest BCUT2D eigenvalue weighted by Gasteiger charge is 2.57. The van der Waals surface area contributed by atoms with Crippen LogP contribution >= 0.6 is 0 Å². The molecule has 16 heavy (non-hydrogen) atoms. The Morgan fingerprint density at radius 3 is 2.44 bits per heavy atom. The smallest absolute Gasteiger partial charge is 0.161 e. The fraction of sp³-hybridized carbons (Fsp3) is 0.917. The van der Waals surface area contributed by atoms with Crippen LogP contribution in [0.2, 0.25) is 0 Å². The van der Waals surface area contributed by atoms with E-state index in [0.717, 1.165) is 12.8 Å². The quantitative estimate of drug-likeness (QED) is 0.760. The maximum absolute atomic E-state index is 12.3. The van der Waals surface area contributed by atoms with Gasteiger partial charge in [0.25, 0.3) is 0 Å². The lowest BCUT2D eigenvalue weighted by atomic mass is 9.68. The molecule has 3 aliphatic rings. The van der Waals surface area contributed by atoms with E-state index in [1.54, 1.807) is 7.11 Å². The molecule has 3 heterocycles. The molecule has 0 aliphatic carbocycles. The molecule has 4 nitrogen and oxygen atoms in total. The zero-order chi connectivity index (χ0) is 11.9. The Kier molecular flexibility index (Phi) is 3.07. The van der Waals surface area contributed by atoms with E-state index in [9.17, 15) is 9.90 Å². The molecule has 0 aromatic carbocycles. The van der Waals surface area contributed by atoms with E-state index >= 15 is 0 Å². The van der Waals surface area contributed by atoms with Crippen LogP contribution in [0, 0.1) is 5.92 Å². The number of ether oxygens (including phenoxy) is 1. The normalized spacial score (nSPS) is 47.4. The number of Topliss-reactive ketones (excluding diaryl/α,β-unsaturated/α-hetero) is 1. The summed E-state index contributed by atoms with van der Waals surface area (Å²) >= 11 is 0. The number of aliphatic hydroxyl groups excluding tert-OH is 1. The largest absolute Gasteiger partial charge is 0.394 e. The molecule has 0 amide bonds. The molecular formula is C12H21NO3. The average molecular weight is 227 g/mol. The van der Waals surface area contributed by atoms with Gasteiger partial charge in [-0.15, -0.1) is 0 Å². The molecule has 5 atom stereocenters. The van der Waals surface area contributed by atoms with E-state index in [0.29, 0.717) is 18.7 Å². The van der Waals surface area contributed by atoms with E-state index in [1.807, 2.05) is 0 Å². The number of methoxy groups -OCH3 is 1. The van der Waals surface area contributed by atoms with Crippen LogP contribution in [0.15, 0.2) is 0 Å². The second-order valence-corrected chi connectivity index (χ2v) is 5.26. The monoisotopic (exact) mass is 227 g/mol. The van der Waals surface area contributed by atoms with Gasteiger partial charge >= 0.3 is 0 Å². The van der Waals surface area contributed by atoms with Crippen LogP contribution in [0.5, 0.6) is 0 Å². The lowest BCUT2D eigenvalue weighted by molar-refractivity contribution is -0.173. The van der Waals surface area contributed by atoms with E-state index < -0.39 is 5.54 Å². The molecule has 4 heteroatoms. The van der Waals surface area contributed by atoms with Crippen molar-refractivity contribution in [3.8, 4) is 0 Å². The fourth-order valence-electron chi connectivity index (χ4n) is 3.74. The minimum atomic E-state index is -0.783.